The highest BCUT2D eigenvalue weighted by atomic mass is 32.1. The second-order valence-electron chi connectivity index (χ2n) is 5.21. The van der Waals surface area contributed by atoms with Crippen LogP contribution in [0.5, 0.6) is 0 Å². The van der Waals surface area contributed by atoms with Crippen LogP contribution in [0.4, 0.5) is 0 Å². The molecule has 0 bridgehead atoms. The first kappa shape index (κ1) is 12.8. The predicted octanol–water partition coefficient (Wildman–Crippen LogP) is 2.58. The van der Waals surface area contributed by atoms with E-state index < -0.39 is 0 Å². The maximum atomic E-state index is 12.3. The lowest BCUT2D eigenvalue weighted by Crippen LogP contribution is -2.20. The van der Waals surface area contributed by atoms with Crippen molar-refractivity contribution in [1.82, 2.24) is 9.55 Å². The van der Waals surface area contributed by atoms with Gasteiger partial charge in [0.05, 0.1) is 11.8 Å². The molecule has 102 valence electrons. The molecule has 2 aromatic heterocycles. The number of hydrogen-bond donors (Lipinski definition) is 0. The number of aromatic nitrogens is 2. The number of hydrogen-bond acceptors (Lipinski definition) is 4. The van der Waals surface area contributed by atoms with Crippen LogP contribution >= 0.6 is 11.3 Å². The second-order valence-corrected chi connectivity index (χ2v) is 6.09. The van der Waals surface area contributed by atoms with E-state index in [4.69, 9.17) is 4.74 Å². The van der Waals surface area contributed by atoms with E-state index in [9.17, 15) is 4.79 Å². The molecule has 0 unspecified atom stereocenters. The molecule has 4 nitrogen and oxygen atoms in total. The third kappa shape index (κ3) is 2.58. The highest BCUT2D eigenvalue weighted by Gasteiger charge is 2.15. The summed E-state index contributed by atoms with van der Waals surface area (Å²) < 4.78 is 7.89. The zero-order valence-electron chi connectivity index (χ0n) is 11.1. The Morgan fingerprint density at radius 1 is 1.58 bits per heavy atom. The van der Waals surface area contributed by atoms with E-state index in [0.29, 0.717) is 5.92 Å². The van der Waals surface area contributed by atoms with Gasteiger partial charge in [-0.3, -0.25) is 9.36 Å². The van der Waals surface area contributed by atoms with Crippen LogP contribution in [0.25, 0.3) is 10.2 Å². The first-order valence-electron chi connectivity index (χ1n) is 6.76. The number of nitrogens with zero attached hydrogens (tertiary/aromatic N) is 2. The van der Waals surface area contributed by atoms with Crippen molar-refractivity contribution in [1.29, 1.82) is 0 Å². The summed E-state index contributed by atoms with van der Waals surface area (Å²) in [5.74, 6) is 0.677. The zero-order valence-corrected chi connectivity index (χ0v) is 11.9. The minimum absolute atomic E-state index is 0.103. The van der Waals surface area contributed by atoms with Crippen molar-refractivity contribution in [2.45, 2.75) is 32.7 Å². The Hall–Kier alpha value is -1.20. The summed E-state index contributed by atoms with van der Waals surface area (Å²) in [7, 11) is 0. The minimum atomic E-state index is 0.103. The predicted molar refractivity (Wildman–Crippen MR) is 76.8 cm³/mol. The van der Waals surface area contributed by atoms with Gasteiger partial charge in [0, 0.05) is 19.8 Å². The number of aryl methyl sites for hydroxylation is 2. The molecule has 1 fully saturated rings. The van der Waals surface area contributed by atoms with E-state index in [1.54, 1.807) is 10.9 Å². The third-order valence-electron chi connectivity index (χ3n) is 3.76. The van der Waals surface area contributed by atoms with Crippen LogP contribution in [0.15, 0.2) is 16.5 Å². The largest absolute Gasteiger partial charge is 0.381 e. The maximum Gasteiger partial charge on any atom is 0.271 e. The fourth-order valence-corrected chi connectivity index (χ4v) is 3.53. The molecule has 19 heavy (non-hydrogen) atoms. The van der Waals surface area contributed by atoms with Crippen LogP contribution in [0.1, 0.15) is 24.8 Å². The Morgan fingerprint density at radius 3 is 3.26 bits per heavy atom. The van der Waals surface area contributed by atoms with E-state index in [2.05, 4.69) is 4.98 Å². The molecule has 0 N–H and O–H groups in total. The lowest BCUT2D eigenvalue weighted by molar-refractivity contribution is 0.183. The quantitative estimate of drug-likeness (QED) is 0.863. The molecule has 1 aliphatic rings. The van der Waals surface area contributed by atoms with E-state index >= 15 is 0 Å². The number of fused-ring (bicyclic) bond motifs is 1. The monoisotopic (exact) mass is 278 g/mol. The molecule has 1 atom stereocenters. The van der Waals surface area contributed by atoms with Crippen LogP contribution < -0.4 is 5.56 Å². The summed E-state index contributed by atoms with van der Waals surface area (Å²) in [6.07, 6.45) is 5.01. The average molecular weight is 278 g/mol. The van der Waals surface area contributed by atoms with Gasteiger partial charge in [-0.1, -0.05) is 0 Å². The fraction of sp³-hybridized carbons (Fsp3) is 0.571. The van der Waals surface area contributed by atoms with Crippen molar-refractivity contribution in [2.24, 2.45) is 5.92 Å². The van der Waals surface area contributed by atoms with Gasteiger partial charge in [-0.25, -0.2) is 4.98 Å². The number of rotatable bonds is 4. The lowest BCUT2D eigenvalue weighted by Gasteiger charge is -2.08. The van der Waals surface area contributed by atoms with Gasteiger partial charge in [0.15, 0.2) is 0 Å². The van der Waals surface area contributed by atoms with Crippen molar-refractivity contribution in [3.05, 3.63) is 27.6 Å². The van der Waals surface area contributed by atoms with Crippen molar-refractivity contribution in [2.75, 3.05) is 13.2 Å². The normalized spacial score (nSPS) is 19.3. The molecule has 1 saturated heterocycles. The molecule has 0 radical (unpaired) electrons. The Morgan fingerprint density at radius 2 is 2.47 bits per heavy atom. The molecule has 3 heterocycles. The van der Waals surface area contributed by atoms with Crippen LogP contribution in [0.3, 0.4) is 0 Å². The van der Waals surface area contributed by atoms with Gasteiger partial charge in [-0.2, -0.15) is 0 Å². The molecular weight excluding hydrogens is 260 g/mol. The van der Waals surface area contributed by atoms with Gasteiger partial charge < -0.3 is 4.74 Å². The molecule has 0 saturated carbocycles. The minimum Gasteiger partial charge on any atom is -0.381 e. The van der Waals surface area contributed by atoms with Crippen LogP contribution in [-0.4, -0.2) is 22.8 Å². The zero-order chi connectivity index (χ0) is 13.2. The van der Waals surface area contributed by atoms with Gasteiger partial charge >= 0.3 is 0 Å². The Bertz CT molecular complexity index is 626. The average Bonchev–Trinajstić information content (AvgIpc) is 3.03. The Kier molecular flexibility index (Phi) is 3.66. The highest BCUT2D eigenvalue weighted by molar-refractivity contribution is 7.17. The van der Waals surface area contributed by atoms with Crippen LogP contribution in [0, 0.1) is 12.8 Å². The topological polar surface area (TPSA) is 44.1 Å². The molecule has 0 spiro atoms. The fourth-order valence-electron chi connectivity index (χ4n) is 2.58. The lowest BCUT2D eigenvalue weighted by atomic mass is 10.0. The molecule has 0 aromatic carbocycles. The second kappa shape index (κ2) is 5.43. The van der Waals surface area contributed by atoms with Crippen molar-refractivity contribution >= 4 is 21.6 Å². The van der Waals surface area contributed by atoms with Gasteiger partial charge in [0.2, 0.25) is 0 Å². The van der Waals surface area contributed by atoms with Crippen LogP contribution in [-0.2, 0) is 11.3 Å². The molecule has 2 aromatic rings. The van der Waals surface area contributed by atoms with Gasteiger partial charge in [-0.15, -0.1) is 11.3 Å². The summed E-state index contributed by atoms with van der Waals surface area (Å²) in [5, 5.41) is 2.00. The van der Waals surface area contributed by atoms with E-state index in [0.717, 1.165) is 54.8 Å². The summed E-state index contributed by atoms with van der Waals surface area (Å²) in [5.41, 5.74) is 2.05. The number of ether oxygens (including phenoxy) is 1. The molecule has 3 rings (SSSR count). The highest BCUT2D eigenvalue weighted by Crippen LogP contribution is 2.20. The van der Waals surface area contributed by atoms with E-state index in [1.165, 1.54) is 11.3 Å². The van der Waals surface area contributed by atoms with Gasteiger partial charge in [-0.05, 0) is 43.0 Å². The number of thiophene rings is 1. The Balaban J connectivity index is 1.70. The molecule has 1 aliphatic heterocycles. The van der Waals surface area contributed by atoms with Gasteiger partial charge in [0.1, 0.15) is 4.70 Å². The summed E-state index contributed by atoms with van der Waals surface area (Å²) >= 11 is 1.50. The first-order valence-corrected chi connectivity index (χ1v) is 7.64. The SMILES string of the molecule is Cc1csc2c(=O)n(CCC[C@H]3CCOC3)cnc12. The maximum absolute atomic E-state index is 12.3. The van der Waals surface area contributed by atoms with E-state index in [1.807, 2.05) is 12.3 Å². The first-order chi connectivity index (χ1) is 9.25. The van der Waals surface area contributed by atoms with Crippen molar-refractivity contribution < 1.29 is 4.74 Å². The molecule has 0 amide bonds. The van der Waals surface area contributed by atoms with Crippen LogP contribution in [0.2, 0.25) is 0 Å². The summed E-state index contributed by atoms with van der Waals surface area (Å²) in [4.78, 5) is 16.7. The smallest absolute Gasteiger partial charge is 0.271 e. The van der Waals surface area contributed by atoms with E-state index in [-0.39, 0.29) is 5.56 Å². The van der Waals surface area contributed by atoms with Crippen molar-refractivity contribution in [3.63, 3.8) is 0 Å². The standard InChI is InChI=1S/C14H18N2O2S/c1-10-8-19-13-12(10)15-9-16(14(13)17)5-2-3-11-4-6-18-7-11/h8-9,11H,2-7H2,1H3/t11-/m0/s1. The summed E-state index contributed by atoms with van der Waals surface area (Å²) in [6.45, 7) is 4.54. The van der Waals surface area contributed by atoms with Crippen molar-refractivity contribution in [3.8, 4) is 0 Å². The van der Waals surface area contributed by atoms with Gasteiger partial charge in [0.25, 0.3) is 5.56 Å². The molecule has 0 aliphatic carbocycles. The Labute approximate surface area is 116 Å². The summed E-state index contributed by atoms with van der Waals surface area (Å²) in [6, 6.07) is 0. The third-order valence-corrected chi connectivity index (χ3v) is 4.83. The molecule has 5 heteroatoms. The molecular formula is C14H18N2O2S.